The predicted molar refractivity (Wildman–Crippen MR) is 105 cm³/mol. The molecule has 6 heteroatoms. The van der Waals surface area contributed by atoms with E-state index in [-0.39, 0.29) is 11.8 Å². The molecular formula is C21H29N2O4+. The SMILES string of the molecule is COc1cc2c(cc1OC)[C@@H](C)[NH+](C[C@H](O)CNc1ccc(O)cc1)CC2. The maximum Gasteiger partial charge on any atom is 0.161 e. The van der Waals surface area contributed by atoms with Gasteiger partial charge in [0.2, 0.25) is 0 Å². The highest BCUT2D eigenvalue weighted by molar-refractivity contribution is 5.48. The van der Waals surface area contributed by atoms with Gasteiger partial charge in [-0.1, -0.05) is 0 Å². The first-order valence-electron chi connectivity index (χ1n) is 9.32. The van der Waals surface area contributed by atoms with Gasteiger partial charge in [0.25, 0.3) is 0 Å². The van der Waals surface area contributed by atoms with Gasteiger partial charge in [0.1, 0.15) is 24.4 Å². The lowest BCUT2D eigenvalue weighted by Crippen LogP contribution is -3.14. The molecule has 1 unspecified atom stereocenters. The zero-order chi connectivity index (χ0) is 19.4. The van der Waals surface area contributed by atoms with E-state index in [0.29, 0.717) is 13.1 Å². The number of phenolic OH excluding ortho intramolecular Hbond substituents is 1. The van der Waals surface area contributed by atoms with Crippen LogP contribution in [0, 0.1) is 0 Å². The lowest BCUT2D eigenvalue weighted by atomic mass is 9.92. The molecule has 4 N–H and O–H groups in total. The Hall–Kier alpha value is -2.44. The molecule has 3 atom stereocenters. The number of aliphatic hydroxyl groups excluding tert-OH is 1. The highest BCUT2D eigenvalue weighted by atomic mass is 16.5. The van der Waals surface area contributed by atoms with E-state index in [2.05, 4.69) is 24.4 Å². The van der Waals surface area contributed by atoms with Crippen molar-refractivity contribution < 1.29 is 24.6 Å². The number of hydrogen-bond donors (Lipinski definition) is 4. The third kappa shape index (κ3) is 4.46. The molecule has 0 bridgehead atoms. The van der Waals surface area contributed by atoms with Crippen LogP contribution in [0.5, 0.6) is 17.2 Å². The zero-order valence-electron chi connectivity index (χ0n) is 16.2. The average molecular weight is 373 g/mol. The van der Waals surface area contributed by atoms with Gasteiger partial charge < -0.3 is 29.9 Å². The molecule has 0 fully saturated rings. The van der Waals surface area contributed by atoms with E-state index in [4.69, 9.17) is 9.47 Å². The van der Waals surface area contributed by atoms with Gasteiger partial charge in [0, 0.05) is 24.2 Å². The maximum absolute atomic E-state index is 10.5. The minimum Gasteiger partial charge on any atom is -0.508 e. The number of fused-ring (bicyclic) bond motifs is 1. The summed E-state index contributed by atoms with van der Waals surface area (Å²) in [4.78, 5) is 1.36. The Kier molecular flexibility index (Phi) is 6.08. The molecule has 146 valence electrons. The molecule has 0 spiro atoms. The third-order valence-corrected chi connectivity index (χ3v) is 5.35. The lowest BCUT2D eigenvalue weighted by molar-refractivity contribution is -0.934. The molecule has 0 amide bonds. The fourth-order valence-corrected chi connectivity index (χ4v) is 3.76. The molecule has 0 aliphatic carbocycles. The first-order chi connectivity index (χ1) is 13.0. The van der Waals surface area contributed by atoms with Crippen molar-refractivity contribution in [1.82, 2.24) is 0 Å². The molecule has 6 nitrogen and oxygen atoms in total. The van der Waals surface area contributed by atoms with Crippen molar-refractivity contribution in [2.45, 2.75) is 25.5 Å². The van der Waals surface area contributed by atoms with E-state index >= 15 is 0 Å². The van der Waals surface area contributed by atoms with Crippen LogP contribution in [0.15, 0.2) is 36.4 Å². The van der Waals surface area contributed by atoms with Crippen LogP contribution in [0.3, 0.4) is 0 Å². The summed E-state index contributed by atoms with van der Waals surface area (Å²) < 4.78 is 10.9. The second kappa shape index (κ2) is 8.50. The fourth-order valence-electron chi connectivity index (χ4n) is 3.76. The summed E-state index contributed by atoms with van der Waals surface area (Å²) >= 11 is 0. The Balaban J connectivity index is 1.62. The molecule has 2 aromatic rings. The number of methoxy groups -OCH3 is 2. The minimum absolute atomic E-state index is 0.235. The number of aromatic hydroxyl groups is 1. The van der Waals surface area contributed by atoms with E-state index in [1.54, 1.807) is 38.5 Å². The van der Waals surface area contributed by atoms with E-state index in [1.165, 1.54) is 16.0 Å². The number of anilines is 1. The highest BCUT2D eigenvalue weighted by Crippen LogP contribution is 2.33. The van der Waals surface area contributed by atoms with Gasteiger partial charge in [-0.15, -0.1) is 0 Å². The van der Waals surface area contributed by atoms with Crippen molar-refractivity contribution in [2.24, 2.45) is 0 Å². The summed E-state index contributed by atoms with van der Waals surface area (Å²) in [6, 6.07) is 11.3. The Morgan fingerprint density at radius 3 is 2.48 bits per heavy atom. The van der Waals surface area contributed by atoms with Crippen LogP contribution in [-0.4, -0.2) is 50.2 Å². The lowest BCUT2D eigenvalue weighted by Gasteiger charge is -2.34. The van der Waals surface area contributed by atoms with Gasteiger partial charge in [-0.25, -0.2) is 0 Å². The Morgan fingerprint density at radius 1 is 1.15 bits per heavy atom. The van der Waals surface area contributed by atoms with Gasteiger partial charge in [-0.05, 0) is 48.9 Å². The second-order valence-electron chi connectivity index (χ2n) is 7.07. The largest absolute Gasteiger partial charge is 0.508 e. The van der Waals surface area contributed by atoms with Crippen LogP contribution in [0.4, 0.5) is 5.69 Å². The van der Waals surface area contributed by atoms with Gasteiger partial charge in [-0.3, -0.25) is 0 Å². The first kappa shape index (κ1) is 19.3. The fraction of sp³-hybridized carbons (Fsp3) is 0.429. The van der Waals surface area contributed by atoms with Gasteiger partial charge in [0.15, 0.2) is 11.5 Å². The van der Waals surface area contributed by atoms with Crippen molar-refractivity contribution in [3.05, 3.63) is 47.5 Å². The van der Waals surface area contributed by atoms with E-state index in [1.807, 2.05) is 0 Å². The maximum atomic E-state index is 10.5. The summed E-state index contributed by atoms with van der Waals surface area (Å²) in [6.45, 7) is 4.30. The number of benzene rings is 2. The van der Waals surface area contributed by atoms with Crippen molar-refractivity contribution in [1.29, 1.82) is 0 Å². The molecule has 1 aliphatic rings. The number of hydrogen-bond acceptors (Lipinski definition) is 5. The van der Waals surface area contributed by atoms with Gasteiger partial charge in [0.05, 0.1) is 20.8 Å². The van der Waals surface area contributed by atoms with Crippen LogP contribution in [0.2, 0.25) is 0 Å². The van der Waals surface area contributed by atoms with E-state index in [9.17, 15) is 10.2 Å². The van der Waals surface area contributed by atoms with Crippen molar-refractivity contribution in [3.8, 4) is 17.2 Å². The summed E-state index contributed by atoms with van der Waals surface area (Å²) in [6.07, 6.45) is 0.492. The van der Waals surface area contributed by atoms with Crippen LogP contribution in [-0.2, 0) is 6.42 Å². The molecule has 0 radical (unpaired) electrons. The first-order valence-corrected chi connectivity index (χ1v) is 9.32. The summed E-state index contributed by atoms with van der Waals surface area (Å²) in [5.41, 5.74) is 3.43. The number of phenols is 1. The molecular weight excluding hydrogens is 344 g/mol. The highest BCUT2D eigenvalue weighted by Gasteiger charge is 2.30. The topological polar surface area (TPSA) is 75.4 Å². The normalized spacial score (nSPS) is 19.9. The number of ether oxygens (including phenoxy) is 2. The Morgan fingerprint density at radius 2 is 1.81 bits per heavy atom. The summed E-state index contributed by atoms with van der Waals surface area (Å²) in [7, 11) is 3.31. The molecule has 1 aliphatic heterocycles. The standard InChI is InChI=1S/C21H28N2O4/c1-14-19-11-21(27-3)20(26-2)10-15(19)8-9-23(14)13-18(25)12-22-16-4-6-17(24)7-5-16/h4-7,10-11,14,18,22,24-25H,8-9,12-13H2,1-3H3/p+1/t14-,18-/m1/s1. The van der Waals surface area contributed by atoms with Gasteiger partial charge >= 0.3 is 0 Å². The zero-order valence-corrected chi connectivity index (χ0v) is 16.2. The summed E-state index contributed by atoms with van der Waals surface area (Å²) in [5.74, 6) is 1.75. The number of nitrogens with one attached hydrogen (secondary N) is 2. The van der Waals surface area contributed by atoms with Crippen LogP contribution < -0.4 is 19.7 Å². The van der Waals surface area contributed by atoms with E-state index < -0.39 is 6.10 Å². The number of quaternary nitrogens is 1. The van der Waals surface area contributed by atoms with Crippen molar-refractivity contribution >= 4 is 5.69 Å². The third-order valence-electron chi connectivity index (χ3n) is 5.35. The molecule has 2 aromatic carbocycles. The smallest absolute Gasteiger partial charge is 0.161 e. The second-order valence-corrected chi connectivity index (χ2v) is 7.07. The molecule has 0 saturated carbocycles. The molecule has 0 saturated heterocycles. The monoisotopic (exact) mass is 373 g/mol. The Labute approximate surface area is 160 Å². The van der Waals surface area contributed by atoms with Crippen molar-refractivity contribution in [3.63, 3.8) is 0 Å². The molecule has 1 heterocycles. The molecule has 0 aromatic heterocycles. The van der Waals surface area contributed by atoms with Crippen molar-refractivity contribution in [2.75, 3.05) is 39.2 Å². The predicted octanol–water partition coefficient (Wildman–Crippen LogP) is 1.38. The quantitative estimate of drug-likeness (QED) is 0.552. The minimum atomic E-state index is -0.460. The van der Waals surface area contributed by atoms with Gasteiger partial charge in [-0.2, -0.15) is 0 Å². The van der Waals surface area contributed by atoms with Crippen LogP contribution >= 0.6 is 0 Å². The Bertz CT molecular complexity index is 764. The molecule has 3 rings (SSSR count). The van der Waals surface area contributed by atoms with E-state index in [0.717, 1.165) is 30.2 Å². The number of aliphatic hydroxyl groups is 1. The average Bonchev–Trinajstić information content (AvgIpc) is 2.69. The van der Waals surface area contributed by atoms with Crippen LogP contribution in [0.25, 0.3) is 0 Å². The number of rotatable bonds is 7. The van der Waals surface area contributed by atoms with Crippen LogP contribution in [0.1, 0.15) is 24.1 Å². The summed E-state index contributed by atoms with van der Waals surface area (Å²) in [5, 5.41) is 23.0. The molecule has 27 heavy (non-hydrogen) atoms.